The van der Waals surface area contributed by atoms with Gasteiger partial charge >= 0.3 is 0 Å². The molecule has 1 N–H and O–H groups in total. The van der Waals surface area contributed by atoms with Crippen molar-refractivity contribution in [3.63, 3.8) is 0 Å². The first-order valence-electron chi connectivity index (χ1n) is 10.7. The normalized spacial score (nSPS) is 14.7. The van der Waals surface area contributed by atoms with Crippen LogP contribution < -0.4 is 15.0 Å². The first-order valence-corrected chi connectivity index (χ1v) is 11.1. The van der Waals surface area contributed by atoms with Gasteiger partial charge in [0, 0.05) is 24.5 Å². The molecule has 2 aromatic carbocycles. The third kappa shape index (κ3) is 5.38. The third-order valence-corrected chi connectivity index (χ3v) is 5.99. The highest BCUT2D eigenvalue weighted by molar-refractivity contribution is 6.31. The number of hydrogen-bond donors (Lipinski definition) is 1. The van der Waals surface area contributed by atoms with Crippen LogP contribution >= 0.6 is 11.6 Å². The van der Waals surface area contributed by atoms with E-state index in [1.54, 1.807) is 30.2 Å². The van der Waals surface area contributed by atoms with Crippen molar-refractivity contribution in [3.05, 3.63) is 58.6 Å². The number of rotatable bonds is 9. The summed E-state index contributed by atoms with van der Waals surface area (Å²) in [5.41, 5.74) is 2.12. The van der Waals surface area contributed by atoms with Crippen LogP contribution in [0.25, 0.3) is 0 Å². The number of ether oxygens (including phenoxy) is 1. The van der Waals surface area contributed by atoms with Crippen LogP contribution in [-0.4, -0.2) is 50.0 Å². The fraction of sp³-hybridized carbons (Fsp3) is 0.417. The molecular weight excluding hydrogens is 414 g/mol. The first-order chi connectivity index (χ1) is 15.0. The molecule has 0 radical (unpaired) electrons. The summed E-state index contributed by atoms with van der Waals surface area (Å²) in [6, 6.07) is 13.0. The molecule has 1 atom stereocenters. The fourth-order valence-electron chi connectivity index (χ4n) is 4.08. The van der Waals surface area contributed by atoms with Crippen molar-refractivity contribution in [3.8, 4) is 5.75 Å². The summed E-state index contributed by atoms with van der Waals surface area (Å²) in [6.45, 7) is 6.95. The van der Waals surface area contributed by atoms with Crippen LogP contribution in [0.4, 0.5) is 5.69 Å². The van der Waals surface area contributed by atoms with Crippen molar-refractivity contribution in [2.75, 3.05) is 38.2 Å². The summed E-state index contributed by atoms with van der Waals surface area (Å²) in [6.07, 6.45) is 1.28. The van der Waals surface area contributed by atoms with Crippen molar-refractivity contribution in [2.24, 2.45) is 0 Å². The Balaban J connectivity index is 1.83. The molecule has 0 bridgehead atoms. The number of benzene rings is 2. The van der Waals surface area contributed by atoms with E-state index in [4.69, 9.17) is 16.3 Å². The van der Waals surface area contributed by atoms with Gasteiger partial charge in [-0.1, -0.05) is 37.6 Å². The molecule has 1 fully saturated rings. The van der Waals surface area contributed by atoms with Crippen LogP contribution in [-0.2, 0) is 4.79 Å². The lowest BCUT2D eigenvalue weighted by atomic mass is 10.0. The second-order valence-electron chi connectivity index (χ2n) is 7.53. The largest absolute Gasteiger partial charge is 0.497 e. The van der Waals surface area contributed by atoms with Gasteiger partial charge in [0.2, 0.25) is 5.91 Å². The Kier molecular flexibility index (Phi) is 7.93. The molecule has 1 aliphatic rings. The van der Waals surface area contributed by atoms with Crippen molar-refractivity contribution >= 4 is 29.1 Å². The number of likely N-dealkylation sites (N-methyl/N-ethyl adjacent to an activating group) is 1. The molecule has 0 aliphatic carbocycles. The Morgan fingerprint density at radius 3 is 2.65 bits per heavy atom. The smallest absolute Gasteiger partial charge is 0.253 e. The number of methoxy groups -OCH3 is 1. The molecule has 1 aliphatic heterocycles. The maximum atomic E-state index is 13.2. The van der Waals surface area contributed by atoms with Gasteiger partial charge in [-0.3, -0.25) is 14.5 Å². The number of carbonyl (C=O) groups is 2. The SMILES string of the molecule is CCN(CC)C(CNC(=O)c1ccc(Cl)cc1N1CCCC1=O)c1cccc(OC)c1. The maximum absolute atomic E-state index is 13.2. The Morgan fingerprint density at radius 1 is 1.23 bits per heavy atom. The highest BCUT2D eigenvalue weighted by Gasteiger charge is 2.27. The topological polar surface area (TPSA) is 61.9 Å². The predicted molar refractivity (Wildman–Crippen MR) is 124 cm³/mol. The van der Waals surface area contributed by atoms with Gasteiger partial charge in [0.15, 0.2) is 0 Å². The number of hydrogen-bond acceptors (Lipinski definition) is 4. The number of anilines is 1. The molecule has 31 heavy (non-hydrogen) atoms. The van der Waals surface area contributed by atoms with Crippen LogP contribution in [0.5, 0.6) is 5.75 Å². The van der Waals surface area contributed by atoms with Crippen molar-refractivity contribution in [1.29, 1.82) is 0 Å². The van der Waals surface area contributed by atoms with Gasteiger partial charge in [-0.25, -0.2) is 0 Å². The number of nitrogens with zero attached hydrogens (tertiary/aromatic N) is 2. The number of nitrogens with one attached hydrogen (secondary N) is 1. The molecule has 3 rings (SSSR count). The number of amides is 2. The van der Waals surface area contributed by atoms with Gasteiger partial charge in [0.05, 0.1) is 24.4 Å². The number of carbonyl (C=O) groups excluding carboxylic acids is 2. The summed E-state index contributed by atoms with van der Waals surface area (Å²) in [4.78, 5) is 29.4. The van der Waals surface area contributed by atoms with Gasteiger partial charge in [-0.05, 0) is 55.4 Å². The van der Waals surface area contributed by atoms with Gasteiger partial charge < -0.3 is 15.0 Å². The molecule has 0 saturated carbocycles. The quantitative estimate of drug-likeness (QED) is 0.628. The second kappa shape index (κ2) is 10.6. The van der Waals surface area contributed by atoms with Crippen LogP contribution in [0.3, 0.4) is 0 Å². The zero-order valence-corrected chi connectivity index (χ0v) is 19.1. The molecule has 166 valence electrons. The van der Waals surface area contributed by atoms with E-state index >= 15 is 0 Å². The van der Waals surface area contributed by atoms with E-state index in [1.165, 1.54) is 0 Å². The van der Waals surface area contributed by atoms with E-state index in [1.807, 2.05) is 24.3 Å². The van der Waals surface area contributed by atoms with Crippen LogP contribution in [0.2, 0.25) is 5.02 Å². The minimum atomic E-state index is -0.216. The molecule has 1 unspecified atom stereocenters. The molecule has 6 nitrogen and oxygen atoms in total. The van der Waals surface area contributed by atoms with Crippen molar-refractivity contribution in [1.82, 2.24) is 10.2 Å². The maximum Gasteiger partial charge on any atom is 0.253 e. The molecule has 0 aromatic heterocycles. The standard InChI is InChI=1S/C24H30ClN3O3/c1-4-27(5-2)22(17-8-6-9-19(14-17)31-3)16-26-24(30)20-12-11-18(25)15-21(20)28-13-7-10-23(28)29/h6,8-9,11-12,14-15,22H,4-5,7,10,13,16H2,1-3H3,(H,26,30). The van der Waals surface area contributed by atoms with Gasteiger partial charge in [-0.15, -0.1) is 0 Å². The Hall–Kier alpha value is -2.57. The molecule has 1 saturated heterocycles. The number of halogens is 1. The predicted octanol–water partition coefficient (Wildman–Crippen LogP) is 4.29. The van der Waals surface area contributed by atoms with E-state index in [9.17, 15) is 9.59 Å². The summed E-state index contributed by atoms with van der Waals surface area (Å²) < 4.78 is 5.39. The lowest BCUT2D eigenvalue weighted by molar-refractivity contribution is -0.117. The summed E-state index contributed by atoms with van der Waals surface area (Å²) in [5.74, 6) is 0.591. The van der Waals surface area contributed by atoms with Crippen LogP contribution in [0.1, 0.15) is 48.7 Å². The minimum absolute atomic E-state index is 0.00165. The summed E-state index contributed by atoms with van der Waals surface area (Å²) in [7, 11) is 1.65. The second-order valence-corrected chi connectivity index (χ2v) is 7.97. The lowest BCUT2D eigenvalue weighted by Gasteiger charge is -2.30. The van der Waals surface area contributed by atoms with Crippen molar-refractivity contribution < 1.29 is 14.3 Å². The Labute approximate surface area is 189 Å². The van der Waals surface area contributed by atoms with E-state index < -0.39 is 0 Å². The van der Waals surface area contributed by atoms with Crippen molar-refractivity contribution in [2.45, 2.75) is 32.7 Å². The third-order valence-electron chi connectivity index (χ3n) is 5.76. The highest BCUT2D eigenvalue weighted by Crippen LogP contribution is 2.29. The zero-order valence-electron chi connectivity index (χ0n) is 18.4. The zero-order chi connectivity index (χ0) is 22.4. The minimum Gasteiger partial charge on any atom is -0.497 e. The summed E-state index contributed by atoms with van der Waals surface area (Å²) in [5, 5.41) is 3.58. The molecule has 7 heteroatoms. The van der Waals surface area contributed by atoms with Crippen LogP contribution in [0.15, 0.2) is 42.5 Å². The molecule has 2 aromatic rings. The van der Waals surface area contributed by atoms with E-state index in [0.29, 0.717) is 35.8 Å². The van der Waals surface area contributed by atoms with Gasteiger partial charge in [-0.2, -0.15) is 0 Å². The van der Waals surface area contributed by atoms with E-state index in [-0.39, 0.29) is 17.9 Å². The lowest BCUT2D eigenvalue weighted by Crippen LogP contribution is -2.38. The monoisotopic (exact) mass is 443 g/mol. The molecular formula is C24H30ClN3O3. The Morgan fingerprint density at radius 2 is 2.00 bits per heavy atom. The average Bonchev–Trinajstić information content (AvgIpc) is 3.22. The molecule has 0 spiro atoms. The van der Waals surface area contributed by atoms with Gasteiger partial charge in [0.1, 0.15) is 5.75 Å². The molecule has 2 amide bonds. The summed E-state index contributed by atoms with van der Waals surface area (Å²) >= 11 is 6.17. The Bertz CT molecular complexity index is 930. The first kappa shape index (κ1) is 23.1. The fourth-order valence-corrected chi connectivity index (χ4v) is 4.24. The molecule has 1 heterocycles. The average molecular weight is 444 g/mol. The van der Waals surface area contributed by atoms with E-state index in [0.717, 1.165) is 30.8 Å². The van der Waals surface area contributed by atoms with Gasteiger partial charge in [0.25, 0.3) is 5.91 Å². The highest BCUT2D eigenvalue weighted by atomic mass is 35.5. The van der Waals surface area contributed by atoms with E-state index in [2.05, 4.69) is 24.1 Å². The van der Waals surface area contributed by atoms with Crippen LogP contribution in [0, 0.1) is 0 Å².